The molecule has 20 heavy (non-hydrogen) atoms. The summed E-state index contributed by atoms with van der Waals surface area (Å²) < 4.78 is 5.15. The summed E-state index contributed by atoms with van der Waals surface area (Å²) >= 11 is 0. The molecular weight excluding hydrogens is 252 g/mol. The van der Waals surface area contributed by atoms with Crippen molar-refractivity contribution in [2.45, 2.75) is 20.0 Å². The molecule has 0 aliphatic carbocycles. The number of rotatable bonds is 6. The van der Waals surface area contributed by atoms with Crippen molar-refractivity contribution in [3.8, 4) is 5.88 Å². The first-order chi connectivity index (χ1) is 9.78. The Kier molecular flexibility index (Phi) is 4.90. The van der Waals surface area contributed by atoms with Crippen LogP contribution >= 0.6 is 0 Å². The van der Waals surface area contributed by atoms with E-state index in [0.717, 1.165) is 18.7 Å². The third-order valence-corrected chi connectivity index (χ3v) is 3.19. The molecule has 1 aromatic heterocycles. The Morgan fingerprint density at radius 1 is 1.20 bits per heavy atom. The minimum Gasteiger partial charge on any atom is -0.481 e. The number of aromatic nitrogens is 2. The van der Waals surface area contributed by atoms with Crippen LogP contribution in [0.2, 0.25) is 0 Å². The summed E-state index contributed by atoms with van der Waals surface area (Å²) in [5.74, 6) is 1.24. The molecular formula is C15H20N4O. The maximum atomic E-state index is 5.78. The van der Waals surface area contributed by atoms with Gasteiger partial charge in [0.2, 0.25) is 11.8 Å². The van der Waals surface area contributed by atoms with Crippen LogP contribution in [-0.4, -0.2) is 23.6 Å². The van der Waals surface area contributed by atoms with Crippen molar-refractivity contribution in [3.05, 3.63) is 47.7 Å². The molecule has 1 aromatic carbocycles. The Hall–Kier alpha value is -2.14. The molecule has 2 aromatic rings. The average Bonchev–Trinajstić information content (AvgIpc) is 2.53. The van der Waals surface area contributed by atoms with E-state index in [-0.39, 0.29) is 0 Å². The molecule has 106 valence electrons. The second-order valence-corrected chi connectivity index (χ2v) is 4.39. The van der Waals surface area contributed by atoms with E-state index in [2.05, 4.69) is 33.9 Å². The molecule has 2 rings (SSSR count). The fraction of sp³-hybridized carbons (Fsp3) is 0.333. The molecule has 5 nitrogen and oxygen atoms in total. The van der Waals surface area contributed by atoms with E-state index >= 15 is 0 Å². The first-order valence-corrected chi connectivity index (χ1v) is 6.67. The monoisotopic (exact) mass is 272 g/mol. The molecule has 5 heteroatoms. The number of hydrogen-bond acceptors (Lipinski definition) is 5. The number of hydrogen-bond donors (Lipinski definition) is 1. The largest absolute Gasteiger partial charge is 0.481 e. The van der Waals surface area contributed by atoms with Gasteiger partial charge < -0.3 is 15.4 Å². The molecule has 0 aliphatic rings. The van der Waals surface area contributed by atoms with Crippen molar-refractivity contribution in [2.75, 3.05) is 18.6 Å². The van der Waals surface area contributed by atoms with Crippen LogP contribution in [0.15, 0.2) is 36.5 Å². The van der Waals surface area contributed by atoms with Crippen LogP contribution < -0.4 is 15.4 Å². The van der Waals surface area contributed by atoms with Crippen molar-refractivity contribution in [3.63, 3.8) is 0 Å². The summed E-state index contributed by atoms with van der Waals surface area (Å²) in [6.07, 6.45) is 1.71. The van der Waals surface area contributed by atoms with Crippen molar-refractivity contribution in [2.24, 2.45) is 5.73 Å². The topological polar surface area (TPSA) is 64.3 Å². The van der Waals surface area contributed by atoms with Crippen molar-refractivity contribution in [1.82, 2.24) is 9.97 Å². The molecule has 0 bridgehead atoms. The summed E-state index contributed by atoms with van der Waals surface area (Å²) in [6.45, 7) is 4.16. The number of nitrogens with zero attached hydrogens (tertiary/aromatic N) is 3. The van der Waals surface area contributed by atoms with Crippen LogP contribution in [0.5, 0.6) is 5.88 Å². The summed E-state index contributed by atoms with van der Waals surface area (Å²) in [4.78, 5) is 10.8. The molecule has 0 saturated heterocycles. The van der Waals surface area contributed by atoms with E-state index < -0.39 is 0 Å². The van der Waals surface area contributed by atoms with Gasteiger partial charge in [0.05, 0.1) is 7.11 Å². The second-order valence-electron chi connectivity index (χ2n) is 4.39. The van der Waals surface area contributed by atoms with E-state index in [1.165, 1.54) is 5.56 Å². The number of methoxy groups -OCH3 is 1. The van der Waals surface area contributed by atoms with Gasteiger partial charge in [0, 0.05) is 31.9 Å². The highest BCUT2D eigenvalue weighted by Crippen LogP contribution is 2.17. The van der Waals surface area contributed by atoms with Crippen LogP contribution in [0.25, 0.3) is 0 Å². The normalized spacial score (nSPS) is 10.3. The lowest BCUT2D eigenvalue weighted by Gasteiger charge is -2.22. The van der Waals surface area contributed by atoms with Gasteiger partial charge in [-0.3, -0.25) is 0 Å². The Bertz CT molecular complexity index is 559. The highest BCUT2D eigenvalue weighted by molar-refractivity contribution is 5.36. The van der Waals surface area contributed by atoms with Gasteiger partial charge >= 0.3 is 0 Å². The Balaban J connectivity index is 2.24. The van der Waals surface area contributed by atoms with Gasteiger partial charge in [-0.05, 0) is 18.1 Å². The zero-order chi connectivity index (χ0) is 14.4. The molecule has 2 N–H and O–H groups in total. The predicted octanol–water partition coefficient (Wildman–Crippen LogP) is 1.97. The Labute approximate surface area is 119 Å². The van der Waals surface area contributed by atoms with Crippen molar-refractivity contribution >= 4 is 5.95 Å². The molecule has 0 amide bonds. The number of benzene rings is 1. The van der Waals surface area contributed by atoms with Crippen LogP contribution in [0.1, 0.15) is 18.1 Å². The minimum atomic E-state index is 0.534. The van der Waals surface area contributed by atoms with Gasteiger partial charge in [0.1, 0.15) is 0 Å². The van der Waals surface area contributed by atoms with Gasteiger partial charge in [-0.1, -0.05) is 24.3 Å². The maximum Gasteiger partial charge on any atom is 0.228 e. The lowest BCUT2D eigenvalue weighted by atomic mass is 10.1. The highest BCUT2D eigenvalue weighted by atomic mass is 16.5. The Morgan fingerprint density at radius 2 is 1.95 bits per heavy atom. The standard InChI is InChI=1S/C15H20N4O/c1-3-19(15-17-9-8-14(18-15)20-2)11-13-7-5-4-6-12(13)10-16/h4-9H,3,10-11,16H2,1-2H3. The molecule has 1 heterocycles. The highest BCUT2D eigenvalue weighted by Gasteiger charge is 2.11. The molecule has 0 unspecified atom stereocenters. The summed E-state index contributed by atoms with van der Waals surface area (Å²) in [7, 11) is 1.60. The minimum absolute atomic E-state index is 0.534. The Morgan fingerprint density at radius 3 is 2.60 bits per heavy atom. The van der Waals surface area contributed by atoms with Crippen LogP contribution in [0.4, 0.5) is 5.95 Å². The molecule has 0 saturated carbocycles. The lowest BCUT2D eigenvalue weighted by molar-refractivity contribution is 0.396. The third kappa shape index (κ3) is 3.24. The third-order valence-electron chi connectivity index (χ3n) is 3.19. The van der Waals surface area contributed by atoms with Crippen LogP contribution in [-0.2, 0) is 13.1 Å². The van der Waals surface area contributed by atoms with E-state index in [1.807, 2.05) is 12.1 Å². The van der Waals surface area contributed by atoms with Gasteiger partial charge in [-0.15, -0.1) is 0 Å². The number of nitrogens with two attached hydrogens (primary N) is 1. The second kappa shape index (κ2) is 6.86. The summed E-state index contributed by atoms with van der Waals surface area (Å²) in [6, 6.07) is 9.91. The fourth-order valence-electron chi connectivity index (χ4n) is 2.04. The van der Waals surface area contributed by atoms with Crippen LogP contribution in [0, 0.1) is 0 Å². The van der Waals surface area contributed by atoms with Crippen LogP contribution in [0.3, 0.4) is 0 Å². The molecule has 0 fully saturated rings. The molecule has 0 radical (unpaired) electrons. The van der Waals surface area contributed by atoms with Gasteiger partial charge in [-0.2, -0.15) is 4.98 Å². The SMILES string of the molecule is CCN(Cc1ccccc1CN)c1nccc(OC)n1. The zero-order valence-corrected chi connectivity index (χ0v) is 11.9. The predicted molar refractivity (Wildman–Crippen MR) is 79.6 cm³/mol. The average molecular weight is 272 g/mol. The maximum absolute atomic E-state index is 5.78. The fourth-order valence-corrected chi connectivity index (χ4v) is 2.04. The van der Waals surface area contributed by atoms with Gasteiger partial charge in [0.15, 0.2) is 0 Å². The number of ether oxygens (including phenoxy) is 1. The summed E-state index contributed by atoms with van der Waals surface area (Å²) in [5.41, 5.74) is 8.13. The zero-order valence-electron chi connectivity index (χ0n) is 11.9. The van der Waals surface area contributed by atoms with E-state index in [0.29, 0.717) is 18.4 Å². The molecule has 0 atom stereocenters. The van der Waals surface area contributed by atoms with Crippen molar-refractivity contribution < 1.29 is 4.74 Å². The van der Waals surface area contributed by atoms with Gasteiger partial charge in [0.25, 0.3) is 0 Å². The van der Waals surface area contributed by atoms with E-state index in [4.69, 9.17) is 10.5 Å². The quantitative estimate of drug-likeness (QED) is 0.871. The molecule has 0 aliphatic heterocycles. The first-order valence-electron chi connectivity index (χ1n) is 6.67. The summed E-state index contributed by atoms with van der Waals surface area (Å²) in [5, 5.41) is 0. The van der Waals surface area contributed by atoms with Gasteiger partial charge in [-0.25, -0.2) is 4.98 Å². The van der Waals surface area contributed by atoms with Crippen molar-refractivity contribution in [1.29, 1.82) is 0 Å². The van der Waals surface area contributed by atoms with E-state index in [9.17, 15) is 0 Å². The van der Waals surface area contributed by atoms with E-state index in [1.54, 1.807) is 19.4 Å². The number of anilines is 1. The first kappa shape index (κ1) is 14.3. The smallest absolute Gasteiger partial charge is 0.228 e. The lowest BCUT2D eigenvalue weighted by Crippen LogP contribution is -2.25. The molecule has 0 spiro atoms.